The summed E-state index contributed by atoms with van der Waals surface area (Å²) >= 11 is 0. The molecule has 0 aromatic carbocycles. The lowest BCUT2D eigenvalue weighted by molar-refractivity contribution is -0.123. The topological polar surface area (TPSA) is 61.8 Å². The minimum absolute atomic E-state index is 0.0485. The van der Waals surface area contributed by atoms with Crippen molar-refractivity contribution >= 4 is 5.91 Å². The molecule has 0 aliphatic carbocycles. The van der Waals surface area contributed by atoms with Gasteiger partial charge < -0.3 is 15.2 Å². The average molecular weight is 270 g/mol. The molecule has 2 fully saturated rings. The molecule has 0 bridgehead atoms. The highest BCUT2D eigenvalue weighted by atomic mass is 16.5. The maximum atomic E-state index is 11.9. The second-order valence-corrected chi connectivity index (χ2v) is 6.22. The molecule has 5 nitrogen and oxygen atoms in total. The van der Waals surface area contributed by atoms with Gasteiger partial charge in [0.15, 0.2) is 0 Å². The Morgan fingerprint density at radius 3 is 3.05 bits per heavy atom. The summed E-state index contributed by atoms with van der Waals surface area (Å²) in [4.78, 5) is 14.0. The van der Waals surface area contributed by atoms with Crippen molar-refractivity contribution in [2.75, 3.05) is 39.4 Å². The summed E-state index contributed by atoms with van der Waals surface area (Å²) in [5.41, 5.74) is -0.0485. The van der Waals surface area contributed by atoms with Crippen LogP contribution in [0.1, 0.15) is 32.6 Å². The first kappa shape index (κ1) is 14.8. The third kappa shape index (κ3) is 4.44. The summed E-state index contributed by atoms with van der Waals surface area (Å²) in [5, 5.41) is 12.4. The van der Waals surface area contributed by atoms with Crippen LogP contribution in [0.25, 0.3) is 0 Å². The van der Waals surface area contributed by atoms with Crippen molar-refractivity contribution in [2.24, 2.45) is 5.41 Å². The molecule has 0 radical (unpaired) electrons. The summed E-state index contributed by atoms with van der Waals surface area (Å²) < 4.78 is 5.48. The Labute approximate surface area is 115 Å². The monoisotopic (exact) mass is 270 g/mol. The van der Waals surface area contributed by atoms with Gasteiger partial charge in [-0.25, -0.2) is 0 Å². The van der Waals surface area contributed by atoms with Gasteiger partial charge in [-0.2, -0.15) is 0 Å². The highest BCUT2D eigenvalue weighted by Crippen LogP contribution is 2.28. The fourth-order valence-corrected chi connectivity index (χ4v) is 2.98. The number of amides is 1. The number of hydrogen-bond donors (Lipinski definition) is 2. The van der Waals surface area contributed by atoms with Crippen molar-refractivity contribution < 1.29 is 14.6 Å². The maximum absolute atomic E-state index is 11.9. The van der Waals surface area contributed by atoms with E-state index in [0.29, 0.717) is 13.1 Å². The van der Waals surface area contributed by atoms with Crippen molar-refractivity contribution in [3.8, 4) is 0 Å². The van der Waals surface area contributed by atoms with Crippen LogP contribution in [0.3, 0.4) is 0 Å². The van der Waals surface area contributed by atoms with E-state index >= 15 is 0 Å². The molecule has 0 spiro atoms. The third-order valence-electron chi connectivity index (χ3n) is 4.16. The predicted molar refractivity (Wildman–Crippen MR) is 72.9 cm³/mol. The van der Waals surface area contributed by atoms with Gasteiger partial charge in [-0.3, -0.25) is 9.69 Å². The van der Waals surface area contributed by atoms with Crippen LogP contribution >= 0.6 is 0 Å². The van der Waals surface area contributed by atoms with Crippen molar-refractivity contribution in [2.45, 2.75) is 38.7 Å². The molecule has 19 heavy (non-hydrogen) atoms. The van der Waals surface area contributed by atoms with E-state index in [-0.39, 0.29) is 24.0 Å². The molecule has 2 heterocycles. The summed E-state index contributed by atoms with van der Waals surface area (Å²) in [6, 6.07) is 0. The Hall–Kier alpha value is -0.650. The highest BCUT2D eigenvalue weighted by molar-refractivity contribution is 5.78. The SMILES string of the molecule is CC1(CO)CCCN(CC(=O)NCC2CCCO2)C1. The fourth-order valence-electron chi connectivity index (χ4n) is 2.98. The number of hydrogen-bond acceptors (Lipinski definition) is 4. The second-order valence-electron chi connectivity index (χ2n) is 6.22. The van der Waals surface area contributed by atoms with Gasteiger partial charge >= 0.3 is 0 Å². The number of nitrogens with zero attached hydrogens (tertiary/aromatic N) is 1. The maximum Gasteiger partial charge on any atom is 0.234 e. The molecule has 0 saturated carbocycles. The zero-order chi connectivity index (χ0) is 13.7. The van der Waals surface area contributed by atoms with Crippen molar-refractivity contribution in [3.63, 3.8) is 0 Å². The van der Waals surface area contributed by atoms with Gasteiger partial charge in [-0.05, 0) is 32.2 Å². The smallest absolute Gasteiger partial charge is 0.234 e. The number of aliphatic hydroxyl groups is 1. The first-order valence-corrected chi connectivity index (χ1v) is 7.33. The lowest BCUT2D eigenvalue weighted by atomic mass is 9.83. The van der Waals surface area contributed by atoms with Gasteiger partial charge in [0.05, 0.1) is 12.6 Å². The van der Waals surface area contributed by atoms with Gasteiger partial charge in [-0.1, -0.05) is 6.92 Å². The Balaban J connectivity index is 1.69. The summed E-state index contributed by atoms with van der Waals surface area (Å²) in [5.74, 6) is 0.0673. The molecule has 2 rings (SSSR count). The number of likely N-dealkylation sites (tertiary alicyclic amines) is 1. The van der Waals surface area contributed by atoms with Crippen LogP contribution in [-0.4, -0.2) is 61.4 Å². The number of ether oxygens (including phenoxy) is 1. The van der Waals surface area contributed by atoms with E-state index in [1.165, 1.54) is 0 Å². The fraction of sp³-hybridized carbons (Fsp3) is 0.929. The number of rotatable bonds is 5. The van der Waals surface area contributed by atoms with Gasteiger partial charge in [0.2, 0.25) is 5.91 Å². The molecule has 110 valence electrons. The third-order valence-corrected chi connectivity index (χ3v) is 4.16. The number of carbonyl (C=O) groups excluding carboxylic acids is 1. The minimum atomic E-state index is -0.0485. The highest BCUT2D eigenvalue weighted by Gasteiger charge is 2.31. The van der Waals surface area contributed by atoms with Crippen LogP contribution in [0.2, 0.25) is 0 Å². The van der Waals surface area contributed by atoms with Crippen molar-refractivity contribution in [1.82, 2.24) is 10.2 Å². The molecule has 2 atom stereocenters. The van der Waals surface area contributed by atoms with Gasteiger partial charge in [0.1, 0.15) is 0 Å². The molecule has 1 amide bonds. The minimum Gasteiger partial charge on any atom is -0.396 e. The summed E-state index contributed by atoms with van der Waals surface area (Å²) in [7, 11) is 0. The standard InChI is InChI=1S/C14H26N2O3/c1-14(11-17)5-3-6-16(10-14)9-13(18)15-8-12-4-2-7-19-12/h12,17H,2-11H2,1H3,(H,15,18). The second kappa shape index (κ2) is 6.68. The van der Waals surface area contributed by atoms with E-state index in [4.69, 9.17) is 4.74 Å². The van der Waals surface area contributed by atoms with Crippen LogP contribution in [0.5, 0.6) is 0 Å². The number of aliphatic hydroxyl groups excluding tert-OH is 1. The van der Waals surface area contributed by atoms with E-state index in [0.717, 1.165) is 45.4 Å². The molecular weight excluding hydrogens is 244 g/mol. The van der Waals surface area contributed by atoms with E-state index in [1.54, 1.807) is 0 Å². The molecule has 2 saturated heterocycles. The lowest BCUT2D eigenvalue weighted by Gasteiger charge is -2.38. The van der Waals surface area contributed by atoms with E-state index in [2.05, 4.69) is 17.1 Å². The Morgan fingerprint density at radius 1 is 1.53 bits per heavy atom. The Bertz CT molecular complexity index is 305. The molecule has 2 aliphatic rings. The van der Waals surface area contributed by atoms with Crippen LogP contribution in [0, 0.1) is 5.41 Å². The van der Waals surface area contributed by atoms with Gasteiger partial charge in [0, 0.05) is 31.7 Å². The zero-order valence-corrected chi connectivity index (χ0v) is 11.9. The normalized spacial score (nSPS) is 32.4. The number of carbonyl (C=O) groups is 1. The van der Waals surface area contributed by atoms with Crippen LogP contribution < -0.4 is 5.32 Å². The predicted octanol–water partition coefficient (Wildman–Crippen LogP) is 0.376. The summed E-state index contributed by atoms with van der Waals surface area (Å²) in [6.07, 6.45) is 4.44. The zero-order valence-electron chi connectivity index (χ0n) is 11.9. The molecule has 5 heteroatoms. The quantitative estimate of drug-likeness (QED) is 0.758. The molecule has 2 unspecified atom stereocenters. The largest absolute Gasteiger partial charge is 0.396 e. The molecule has 2 N–H and O–H groups in total. The van der Waals surface area contributed by atoms with Gasteiger partial charge in [-0.15, -0.1) is 0 Å². The van der Waals surface area contributed by atoms with Gasteiger partial charge in [0.25, 0.3) is 0 Å². The van der Waals surface area contributed by atoms with Crippen molar-refractivity contribution in [1.29, 1.82) is 0 Å². The van der Waals surface area contributed by atoms with E-state index in [1.807, 2.05) is 0 Å². The average Bonchev–Trinajstić information content (AvgIpc) is 2.90. The van der Waals surface area contributed by atoms with E-state index < -0.39 is 0 Å². The first-order chi connectivity index (χ1) is 9.11. The Morgan fingerprint density at radius 2 is 2.37 bits per heavy atom. The van der Waals surface area contributed by atoms with E-state index in [9.17, 15) is 9.90 Å². The number of nitrogens with one attached hydrogen (secondary N) is 1. The molecular formula is C14H26N2O3. The summed E-state index contributed by atoms with van der Waals surface area (Å²) in [6.45, 7) is 5.91. The Kier molecular flexibility index (Phi) is 5.19. The molecule has 0 aromatic rings. The molecule has 2 aliphatic heterocycles. The number of piperidine rings is 1. The molecule has 0 aromatic heterocycles. The first-order valence-electron chi connectivity index (χ1n) is 7.33. The van der Waals surface area contributed by atoms with Crippen LogP contribution in [0.4, 0.5) is 0 Å². The lowest BCUT2D eigenvalue weighted by Crippen LogP contribution is -2.48. The van der Waals surface area contributed by atoms with Crippen LogP contribution in [-0.2, 0) is 9.53 Å². The van der Waals surface area contributed by atoms with Crippen molar-refractivity contribution in [3.05, 3.63) is 0 Å². The van der Waals surface area contributed by atoms with Crippen LogP contribution in [0.15, 0.2) is 0 Å².